The Morgan fingerprint density at radius 3 is 2.35 bits per heavy atom. The van der Waals surface area contributed by atoms with Crippen LogP contribution in [0, 0.1) is 10.1 Å². The molecule has 0 unspecified atom stereocenters. The van der Waals surface area contributed by atoms with Crippen LogP contribution >= 0.6 is 11.3 Å². The van der Waals surface area contributed by atoms with Crippen LogP contribution in [0.5, 0.6) is 0 Å². The number of aromatic nitrogens is 1. The second-order valence-electron chi connectivity index (χ2n) is 5.24. The van der Waals surface area contributed by atoms with Crippen LogP contribution in [0.1, 0.15) is 5.56 Å². The molecule has 0 spiro atoms. The number of nitrogens with zero attached hydrogens (tertiary/aromatic N) is 2. The van der Waals surface area contributed by atoms with Crippen molar-refractivity contribution < 1.29 is 13.3 Å². The first-order valence-electron chi connectivity index (χ1n) is 7.44. The van der Waals surface area contributed by atoms with E-state index in [2.05, 4.69) is 15.0 Å². The third-order valence-electron chi connectivity index (χ3n) is 3.46. The molecule has 0 amide bonds. The van der Waals surface area contributed by atoms with Crippen LogP contribution in [0.25, 0.3) is 0 Å². The Bertz CT molecular complexity index is 986. The first kappa shape index (κ1) is 17.8. The number of nitrogens with one attached hydrogen (secondary N) is 2. The number of hydrogen-bond acceptors (Lipinski definition) is 7. The van der Waals surface area contributed by atoms with Crippen molar-refractivity contribution in [2.24, 2.45) is 0 Å². The summed E-state index contributed by atoms with van der Waals surface area (Å²) in [4.78, 5) is 14.2. The number of rotatable bonds is 7. The molecule has 10 heteroatoms. The predicted octanol–water partition coefficient (Wildman–Crippen LogP) is 3.46. The summed E-state index contributed by atoms with van der Waals surface area (Å²) < 4.78 is 26.9. The lowest BCUT2D eigenvalue weighted by Gasteiger charge is -2.09. The summed E-state index contributed by atoms with van der Waals surface area (Å²) >= 11 is 1.20. The highest BCUT2D eigenvalue weighted by Gasteiger charge is 2.15. The number of sulfonamides is 1. The zero-order chi connectivity index (χ0) is 18.6. The molecule has 2 N–H and O–H groups in total. The molecule has 0 bridgehead atoms. The van der Waals surface area contributed by atoms with Gasteiger partial charge >= 0.3 is 0 Å². The van der Waals surface area contributed by atoms with Crippen molar-refractivity contribution in [1.29, 1.82) is 0 Å². The van der Waals surface area contributed by atoms with Crippen LogP contribution in [0.4, 0.5) is 16.5 Å². The Labute approximate surface area is 153 Å². The average molecular weight is 390 g/mol. The smallest absolute Gasteiger partial charge is 0.269 e. The molecular formula is C16H14N4O4S2. The molecule has 0 aliphatic heterocycles. The maximum Gasteiger partial charge on any atom is 0.269 e. The largest absolute Gasteiger partial charge is 0.381 e. The van der Waals surface area contributed by atoms with Gasteiger partial charge in [0.1, 0.15) is 0 Å². The Morgan fingerprint density at radius 1 is 1.08 bits per heavy atom. The molecule has 0 aliphatic carbocycles. The van der Waals surface area contributed by atoms with E-state index >= 15 is 0 Å². The minimum absolute atomic E-state index is 0.0380. The van der Waals surface area contributed by atoms with Gasteiger partial charge in [-0.3, -0.25) is 14.8 Å². The average Bonchev–Trinajstić information content (AvgIpc) is 3.13. The van der Waals surface area contributed by atoms with Crippen molar-refractivity contribution in [1.82, 2.24) is 4.98 Å². The molecule has 26 heavy (non-hydrogen) atoms. The lowest BCUT2D eigenvalue weighted by Crippen LogP contribution is -2.12. The van der Waals surface area contributed by atoms with Gasteiger partial charge < -0.3 is 5.32 Å². The van der Waals surface area contributed by atoms with Gasteiger partial charge in [0.2, 0.25) is 0 Å². The van der Waals surface area contributed by atoms with Crippen LogP contribution in [-0.4, -0.2) is 18.3 Å². The number of hydrogen-bond donors (Lipinski definition) is 2. The minimum Gasteiger partial charge on any atom is -0.381 e. The van der Waals surface area contributed by atoms with Gasteiger partial charge in [-0.05, 0) is 29.8 Å². The molecule has 134 valence electrons. The molecule has 3 aromatic rings. The molecule has 0 aliphatic rings. The lowest BCUT2D eigenvalue weighted by molar-refractivity contribution is -0.384. The Hall–Kier alpha value is -2.98. The zero-order valence-electron chi connectivity index (χ0n) is 13.3. The fourth-order valence-electron chi connectivity index (χ4n) is 2.14. The fraction of sp³-hybridized carbons (Fsp3) is 0.0625. The second kappa shape index (κ2) is 7.50. The van der Waals surface area contributed by atoms with E-state index in [0.717, 1.165) is 11.3 Å². The topological polar surface area (TPSA) is 114 Å². The van der Waals surface area contributed by atoms with Gasteiger partial charge in [-0.1, -0.05) is 12.1 Å². The molecule has 0 atom stereocenters. The van der Waals surface area contributed by atoms with E-state index in [4.69, 9.17) is 0 Å². The van der Waals surface area contributed by atoms with Gasteiger partial charge in [-0.2, -0.15) is 0 Å². The summed E-state index contributed by atoms with van der Waals surface area (Å²) in [5, 5.41) is 15.8. The quantitative estimate of drug-likeness (QED) is 0.472. The standard InChI is InChI=1S/C16H14N4O4S2/c21-20(22)14-5-1-12(2-6-14)11-18-13-3-7-15(8-4-13)26(23,24)19-16-17-9-10-25-16/h1-10,18H,11H2,(H,17,19). The number of benzene rings is 2. The van der Waals surface area contributed by atoms with E-state index in [-0.39, 0.29) is 10.6 Å². The van der Waals surface area contributed by atoms with Crippen LogP contribution in [0.2, 0.25) is 0 Å². The highest BCUT2D eigenvalue weighted by atomic mass is 32.2. The van der Waals surface area contributed by atoms with Crippen molar-refractivity contribution in [2.45, 2.75) is 11.4 Å². The van der Waals surface area contributed by atoms with Crippen molar-refractivity contribution in [3.63, 3.8) is 0 Å². The van der Waals surface area contributed by atoms with E-state index < -0.39 is 14.9 Å². The fourth-order valence-corrected chi connectivity index (χ4v) is 3.93. The van der Waals surface area contributed by atoms with Crippen LogP contribution in [0.15, 0.2) is 65.0 Å². The number of non-ortho nitro benzene ring substituents is 1. The molecule has 8 nitrogen and oxygen atoms in total. The first-order chi connectivity index (χ1) is 12.4. The highest BCUT2D eigenvalue weighted by molar-refractivity contribution is 7.93. The summed E-state index contributed by atoms with van der Waals surface area (Å²) in [5.74, 6) is 0. The maximum absolute atomic E-state index is 12.3. The van der Waals surface area contributed by atoms with Crippen LogP contribution < -0.4 is 10.0 Å². The highest BCUT2D eigenvalue weighted by Crippen LogP contribution is 2.20. The van der Waals surface area contributed by atoms with E-state index in [0.29, 0.717) is 11.7 Å². The SMILES string of the molecule is O=[N+]([O-])c1ccc(CNc2ccc(S(=O)(=O)Nc3nccs3)cc2)cc1. The van der Waals surface area contributed by atoms with E-state index in [1.54, 1.807) is 29.6 Å². The lowest BCUT2D eigenvalue weighted by atomic mass is 10.2. The predicted molar refractivity (Wildman–Crippen MR) is 99.8 cm³/mol. The molecule has 1 heterocycles. The third-order valence-corrected chi connectivity index (χ3v) is 5.63. The number of nitro groups is 1. The number of anilines is 2. The Balaban J connectivity index is 1.63. The zero-order valence-corrected chi connectivity index (χ0v) is 15.0. The molecule has 0 saturated carbocycles. The van der Waals surface area contributed by atoms with Gasteiger partial charge in [0, 0.05) is 35.9 Å². The summed E-state index contributed by atoms with van der Waals surface area (Å²) in [6.45, 7) is 0.460. The molecule has 0 radical (unpaired) electrons. The Kier molecular flexibility index (Phi) is 5.14. The molecular weight excluding hydrogens is 376 g/mol. The van der Waals surface area contributed by atoms with Crippen LogP contribution in [-0.2, 0) is 16.6 Å². The first-order valence-corrected chi connectivity index (χ1v) is 9.80. The monoisotopic (exact) mass is 390 g/mol. The third kappa shape index (κ3) is 4.35. The van der Waals surface area contributed by atoms with E-state index in [9.17, 15) is 18.5 Å². The van der Waals surface area contributed by atoms with Gasteiger partial charge in [0.15, 0.2) is 5.13 Å². The summed E-state index contributed by atoms with van der Waals surface area (Å²) in [5.41, 5.74) is 1.64. The normalized spacial score (nSPS) is 11.1. The van der Waals surface area contributed by atoms with E-state index in [1.807, 2.05) is 0 Å². The van der Waals surface area contributed by atoms with E-state index in [1.165, 1.54) is 41.8 Å². The molecule has 2 aromatic carbocycles. The molecule has 3 rings (SSSR count). The Morgan fingerprint density at radius 2 is 1.77 bits per heavy atom. The van der Waals surface area contributed by atoms with Gasteiger partial charge in [-0.15, -0.1) is 11.3 Å². The van der Waals surface area contributed by atoms with Crippen molar-refractivity contribution in [3.05, 3.63) is 75.8 Å². The van der Waals surface area contributed by atoms with Crippen LogP contribution in [0.3, 0.4) is 0 Å². The molecule has 0 fully saturated rings. The number of thiazole rings is 1. The van der Waals surface area contributed by atoms with Crippen molar-refractivity contribution >= 4 is 37.9 Å². The summed E-state index contributed by atoms with van der Waals surface area (Å²) in [7, 11) is -3.67. The number of nitro benzene ring substituents is 1. The van der Waals surface area contributed by atoms with Crippen molar-refractivity contribution in [2.75, 3.05) is 10.0 Å². The van der Waals surface area contributed by atoms with Gasteiger partial charge in [0.25, 0.3) is 15.7 Å². The maximum atomic E-state index is 12.3. The molecule has 1 aromatic heterocycles. The van der Waals surface area contributed by atoms with Crippen molar-refractivity contribution in [3.8, 4) is 0 Å². The molecule has 0 saturated heterocycles. The summed E-state index contributed by atoms with van der Waals surface area (Å²) in [6.07, 6.45) is 1.52. The minimum atomic E-state index is -3.67. The summed E-state index contributed by atoms with van der Waals surface area (Å²) in [6, 6.07) is 12.5. The second-order valence-corrected chi connectivity index (χ2v) is 7.82. The van der Waals surface area contributed by atoms with Gasteiger partial charge in [-0.25, -0.2) is 13.4 Å². The van der Waals surface area contributed by atoms with Gasteiger partial charge in [0.05, 0.1) is 9.82 Å².